The van der Waals surface area contributed by atoms with Gasteiger partial charge < -0.3 is 23.7 Å². The standard InChI is InChI=1S/C30H30N2O5S/c1-21-8-10-23(11-9-21)37-20-27-26-13-16-38-28(26)12-14-32(27)29(33)19-31(18-25-7-4-15-36-25)30(34)22-5-3-6-24(17-22)35-2/h3-11,13,15-17,27H,12,14,18-20H2,1-2H3/t27-/m0/s1. The summed E-state index contributed by atoms with van der Waals surface area (Å²) in [5.74, 6) is 1.54. The molecule has 2 aromatic carbocycles. The molecule has 2 aromatic heterocycles. The summed E-state index contributed by atoms with van der Waals surface area (Å²) < 4.78 is 17.0. The van der Waals surface area contributed by atoms with Crippen molar-refractivity contribution >= 4 is 23.2 Å². The summed E-state index contributed by atoms with van der Waals surface area (Å²) in [4.78, 5) is 32.0. The fourth-order valence-electron chi connectivity index (χ4n) is 4.67. The van der Waals surface area contributed by atoms with Crippen LogP contribution in [-0.2, 0) is 17.8 Å². The van der Waals surface area contributed by atoms with Crippen LogP contribution in [0, 0.1) is 6.92 Å². The molecule has 1 aliphatic heterocycles. The molecule has 1 aliphatic rings. The molecule has 0 N–H and O–H groups in total. The van der Waals surface area contributed by atoms with Crippen molar-refractivity contribution in [1.29, 1.82) is 0 Å². The van der Waals surface area contributed by atoms with Crippen LogP contribution in [0.4, 0.5) is 0 Å². The number of fused-ring (bicyclic) bond motifs is 1. The SMILES string of the molecule is COc1cccc(C(=O)N(CC(=O)N2CCc3sccc3[C@@H]2COc2ccc(C)cc2)Cc2ccco2)c1. The second-order valence-corrected chi connectivity index (χ2v) is 10.2. The van der Waals surface area contributed by atoms with E-state index in [0.29, 0.717) is 30.2 Å². The Morgan fingerprint density at radius 1 is 1.08 bits per heavy atom. The lowest BCUT2D eigenvalue weighted by atomic mass is 10.0. The van der Waals surface area contributed by atoms with Crippen molar-refractivity contribution in [1.82, 2.24) is 9.80 Å². The largest absolute Gasteiger partial charge is 0.497 e. The van der Waals surface area contributed by atoms with Gasteiger partial charge in [-0.3, -0.25) is 9.59 Å². The van der Waals surface area contributed by atoms with E-state index in [1.54, 1.807) is 61.1 Å². The van der Waals surface area contributed by atoms with E-state index in [-0.39, 0.29) is 30.9 Å². The van der Waals surface area contributed by atoms with E-state index in [2.05, 4.69) is 11.4 Å². The zero-order valence-electron chi connectivity index (χ0n) is 21.5. The Balaban J connectivity index is 1.37. The first-order valence-corrected chi connectivity index (χ1v) is 13.4. The van der Waals surface area contributed by atoms with Gasteiger partial charge in [-0.2, -0.15) is 0 Å². The molecule has 0 aliphatic carbocycles. The van der Waals surface area contributed by atoms with E-state index in [1.807, 2.05) is 36.1 Å². The summed E-state index contributed by atoms with van der Waals surface area (Å²) in [7, 11) is 1.56. The van der Waals surface area contributed by atoms with Gasteiger partial charge in [0.1, 0.15) is 30.4 Å². The van der Waals surface area contributed by atoms with Crippen molar-refractivity contribution in [2.75, 3.05) is 26.8 Å². The molecule has 3 heterocycles. The van der Waals surface area contributed by atoms with Crippen LogP contribution in [0.1, 0.15) is 38.2 Å². The zero-order valence-corrected chi connectivity index (χ0v) is 22.3. The molecule has 0 spiro atoms. The van der Waals surface area contributed by atoms with Gasteiger partial charge in [-0.15, -0.1) is 11.3 Å². The van der Waals surface area contributed by atoms with Gasteiger partial charge in [0, 0.05) is 17.0 Å². The quantitative estimate of drug-likeness (QED) is 0.286. The molecule has 5 rings (SSSR count). The van der Waals surface area contributed by atoms with Crippen LogP contribution in [0.3, 0.4) is 0 Å². The van der Waals surface area contributed by atoms with Gasteiger partial charge in [-0.1, -0.05) is 23.8 Å². The number of thiophene rings is 1. The molecule has 2 amide bonds. The van der Waals surface area contributed by atoms with Crippen LogP contribution in [0.5, 0.6) is 11.5 Å². The molecule has 4 aromatic rings. The Morgan fingerprint density at radius 2 is 1.92 bits per heavy atom. The number of hydrogen-bond donors (Lipinski definition) is 0. The molecule has 0 bridgehead atoms. The molecule has 0 saturated carbocycles. The first-order valence-electron chi connectivity index (χ1n) is 12.5. The lowest BCUT2D eigenvalue weighted by Gasteiger charge is -2.37. The number of nitrogens with zero attached hydrogens (tertiary/aromatic N) is 2. The van der Waals surface area contributed by atoms with Crippen LogP contribution in [-0.4, -0.2) is 48.4 Å². The number of furan rings is 1. The average molecular weight is 531 g/mol. The Kier molecular flexibility index (Phi) is 7.79. The van der Waals surface area contributed by atoms with E-state index in [9.17, 15) is 9.59 Å². The van der Waals surface area contributed by atoms with E-state index in [1.165, 1.54) is 9.78 Å². The summed E-state index contributed by atoms with van der Waals surface area (Å²) in [5, 5.41) is 2.06. The molecule has 1 atom stereocenters. The highest BCUT2D eigenvalue weighted by Crippen LogP contribution is 2.34. The third-order valence-corrected chi connectivity index (χ3v) is 7.70. The van der Waals surface area contributed by atoms with E-state index in [4.69, 9.17) is 13.9 Å². The number of benzene rings is 2. The third kappa shape index (κ3) is 5.75. The lowest BCUT2D eigenvalue weighted by molar-refractivity contribution is -0.135. The number of hydrogen-bond acceptors (Lipinski definition) is 6. The van der Waals surface area contributed by atoms with Gasteiger partial charge in [0.15, 0.2) is 0 Å². The number of carbonyl (C=O) groups excluding carboxylic acids is 2. The fraction of sp³-hybridized carbons (Fsp3) is 0.267. The van der Waals surface area contributed by atoms with Crippen molar-refractivity contribution in [2.24, 2.45) is 0 Å². The number of ether oxygens (including phenoxy) is 2. The summed E-state index contributed by atoms with van der Waals surface area (Å²) in [6, 6.07) is 20.2. The second kappa shape index (κ2) is 11.6. The maximum Gasteiger partial charge on any atom is 0.254 e. The number of amides is 2. The predicted molar refractivity (Wildman–Crippen MR) is 146 cm³/mol. The van der Waals surface area contributed by atoms with Crippen LogP contribution in [0.2, 0.25) is 0 Å². The Bertz CT molecular complexity index is 1380. The molecular weight excluding hydrogens is 500 g/mol. The van der Waals surface area contributed by atoms with E-state index in [0.717, 1.165) is 23.3 Å². The van der Waals surface area contributed by atoms with Crippen molar-refractivity contribution in [3.8, 4) is 11.5 Å². The molecule has 0 unspecified atom stereocenters. The average Bonchev–Trinajstić information content (AvgIpc) is 3.64. The van der Waals surface area contributed by atoms with Crippen molar-refractivity contribution < 1.29 is 23.5 Å². The Morgan fingerprint density at radius 3 is 2.68 bits per heavy atom. The molecule has 8 heteroatoms. The van der Waals surface area contributed by atoms with Gasteiger partial charge in [0.25, 0.3) is 5.91 Å². The van der Waals surface area contributed by atoms with Gasteiger partial charge in [-0.05, 0) is 72.8 Å². The molecule has 38 heavy (non-hydrogen) atoms. The molecule has 0 fully saturated rings. The topological polar surface area (TPSA) is 72.2 Å². The first kappa shape index (κ1) is 25.6. The third-order valence-electron chi connectivity index (χ3n) is 6.70. The van der Waals surface area contributed by atoms with E-state index >= 15 is 0 Å². The van der Waals surface area contributed by atoms with Crippen LogP contribution in [0.15, 0.2) is 82.8 Å². The summed E-state index contributed by atoms with van der Waals surface area (Å²) in [5.41, 5.74) is 2.71. The molecule has 0 radical (unpaired) electrons. The van der Waals surface area contributed by atoms with E-state index < -0.39 is 0 Å². The second-order valence-electron chi connectivity index (χ2n) is 9.25. The zero-order chi connectivity index (χ0) is 26.5. The number of methoxy groups -OCH3 is 1. The highest BCUT2D eigenvalue weighted by molar-refractivity contribution is 7.10. The fourth-order valence-corrected chi connectivity index (χ4v) is 5.60. The van der Waals surface area contributed by atoms with Crippen molar-refractivity contribution in [3.05, 3.63) is 106 Å². The molecule has 0 saturated heterocycles. The minimum absolute atomic E-state index is 0.0861. The first-order chi connectivity index (χ1) is 18.5. The van der Waals surface area contributed by atoms with Crippen molar-refractivity contribution in [3.63, 3.8) is 0 Å². The maximum atomic E-state index is 13.8. The highest BCUT2D eigenvalue weighted by atomic mass is 32.1. The minimum atomic E-state index is -0.269. The lowest BCUT2D eigenvalue weighted by Crippen LogP contribution is -2.47. The number of rotatable bonds is 9. The summed E-state index contributed by atoms with van der Waals surface area (Å²) in [6.45, 7) is 3.02. The van der Waals surface area contributed by atoms with Gasteiger partial charge in [0.05, 0.1) is 26.0 Å². The normalized spacial score (nSPS) is 14.6. The van der Waals surface area contributed by atoms with Crippen molar-refractivity contribution in [2.45, 2.75) is 25.9 Å². The Labute approximate surface area is 226 Å². The highest BCUT2D eigenvalue weighted by Gasteiger charge is 2.34. The molecule has 196 valence electrons. The van der Waals surface area contributed by atoms with Gasteiger partial charge in [0.2, 0.25) is 5.91 Å². The molecular formula is C30H30N2O5S. The maximum absolute atomic E-state index is 13.8. The Hall–Kier alpha value is -4.04. The van der Waals surface area contributed by atoms with Gasteiger partial charge >= 0.3 is 0 Å². The van der Waals surface area contributed by atoms with Gasteiger partial charge in [-0.25, -0.2) is 0 Å². The smallest absolute Gasteiger partial charge is 0.254 e. The van der Waals surface area contributed by atoms with Crippen LogP contribution >= 0.6 is 11.3 Å². The summed E-state index contributed by atoms with van der Waals surface area (Å²) >= 11 is 1.71. The number of aryl methyl sites for hydroxylation is 1. The summed E-state index contributed by atoms with van der Waals surface area (Å²) in [6.07, 6.45) is 2.34. The predicted octanol–water partition coefficient (Wildman–Crippen LogP) is 5.51. The monoisotopic (exact) mass is 530 g/mol. The van der Waals surface area contributed by atoms with Crippen LogP contribution in [0.25, 0.3) is 0 Å². The minimum Gasteiger partial charge on any atom is -0.497 e. The number of carbonyl (C=O) groups is 2. The molecule has 7 nitrogen and oxygen atoms in total. The van der Waals surface area contributed by atoms with Crippen LogP contribution < -0.4 is 9.47 Å².